The lowest BCUT2D eigenvalue weighted by atomic mass is 9.91. The van der Waals surface area contributed by atoms with E-state index in [0.717, 1.165) is 83.7 Å². The second-order valence-corrected chi connectivity index (χ2v) is 36.0. The van der Waals surface area contributed by atoms with Gasteiger partial charge in [-0.1, -0.05) is 364 Å². The minimum atomic E-state index is 0.593. The number of fused-ring (bicyclic) bond motifs is 21. The van der Waals surface area contributed by atoms with Crippen molar-refractivity contribution < 1.29 is 0 Å². The molecule has 0 saturated carbocycles. The van der Waals surface area contributed by atoms with Gasteiger partial charge in [0.15, 0.2) is 29.1 Å². The third-order valence-corrected chi connectivity index (χ3v) is 27.8. The maximum absolute atomic E-state index is 5.10. The summed E-state index contributed by atoms with van der Waals surface area (Å²) in [5.74, 6) is 3.80. The Balaban J connectivity index is 0.000000107. The number of aromatic nitrogens is 12. The van der Waals surface area contributed by atoms with E-state index in [9.17, 15) is 0 Å². The Labute approximate surface area is 816 Å². The number of nitrogens with zero attached hydrogens (tertiary/aromatic N) is 12. The highest BCUT2D eigenvalue weighted by molar-refractivity contribution is 6.31. The van der Waals surface area contributed by atoms with Gasteiger partial charge in [0, 0.05) is 121 Å². The minimum Gasteiger partial charge on any atom is -0.309 e. The van der Waals surface area contributed by atoms with Gasteiger partial charge in [0.2, 0.25) is 5.95 Å². The smallest absolute Gasteiger partial charge is 0.238 e. The maximum atomic E-state index is 5.10. The molecule has 0 amide bonds. The molecule has 0 N–H and O–H groups in total. The summed E-state index contributed by atoms with van der Waals surface area (Å²) in [7, 11) is 0. The first-order valence-corrected chi connectivity index (χ1v) is 48.1. The molecule has 0 saturated heterocycles. The molecule has 12 nitrogen and oxygen atoms in total. The second-order valence-electron chi connectivity index (χ2n) is 36.0. The molecule has 0 bridgehead atoms. The van der Waals surface area contributed by atoms with Gasteiger partial charge in [0.25, 0.3) is 0 Å². The molecule has 8 heterocycles. The van der Waals surface area contributed by atoms with Crippen molar-refractivity contribution in [3.63, 3.8) is 0 Å². The third-order valence-electron chi connectivity index (χ3n) is 27.8. The summed E-state index contributed by atoms with van der Waals surface area (Å²) in [5.41, 5.74) is 29.2. The molecule has 0 spiro atoms. The van der Waals surface area contributed by atoms with E-state index >= 15 is 0 Å². The normalized spacial score (nSPS) is 11.7. The molecule has 0 unspecified atom stereocenters. The van der Waals surface area contributed by atoms with Gasteiger partial charge >= 0.3 is 0 Å². The summed E-state index contributed by atoms with van der Waals surface area (Å²) in [5, 5.41) is 17.3. The molecule has 0 atom stereocenters. The molecule has 0 aliphatic carbocycles. The number of hydrogen-bond acceptors (Lipinski definition) is 6. The van der Waals surface area contributed by atoms with E-state index < -0.39 is 0 Å². The SMILES string of the molecule is c1ccc(-c2cc3ccccc3cc2-c2cccc(-n3c4ccccc4c4cc5c6ccccc6n(-c6ccccc6)c5cc43)c2)cc1.c1ccc(-c2nc(-c3ccccc3)nc(-c3cccc(-n4c5ccccc5c5c6c7ccccc7n(-c7ccccc7)c6ccc54)c3)n2)cc1.c1ccc(-c2nc(-c3ccccc3)nc(-n3c4ccccc4c4c5c6ccccc6n(-c6ccccc6)c5ccc43)n2)cc1. The quantitative estimate of drug-likeness (QED) is 0.114. The Morgan fingerprint density at radius 2 is 0.366 bits per heavy atom. The van der Waals surface area contributed by atoms with E-state index in [1.54, 1.807) is 0 Å². The highest BCUT2D eigenvalue weighted by atomic mass is 15.2. The first-order chi connectivity index (χ1) is 70.5. The van der Waals surface area contributed by atoms with Gasteiger partial charge in [-0.15, -0.1) is 0 Å². The van der Waals surface area contributed by atoms with Crippen LogP contribution in [0.1, 0.15) is 0 Å². The first kappa shape index (κ1) is 82.2. The zero-order chi connectivity index (χ0) is 93.7. The predicted molar refractivity (Wildman–Crippen MR) is 588 cm³/mol. The van der Waals surface area contributed by atoms with Gasteiger partial charge in [-0.2, -0.15) is 9.97 Å². The largest absolute Gasteiger partial charge is 0.309 e. The number of hydrogen-bond donors (Lipinski definition) is 0. The first-order valence-electron chi connectivity index (χ1n) is 48.1. The van der Waals surface area contributed by atoms with Crippen LogP contribution in [0.4, 0.5) is 0 Å². The molecular weight excluding hydrogens is 1730 g/mol. The van der Waals surface area contributed by atoms with Crippen LogP contribution in [0.5, 0.6) is 0 Å². The fourth-order valence-electron chi connectivity index (χ4n) is 21.6. The Hall–Kier alpha value is -19.3. The van der Waals surface area contributed by atoms with Gasteiger partial charge in [0.1, 0.15) is 0 Å². The predicted octanol–water partition coefficient (Wildman–Crippen LogP) is 32.8. The van der Waals surface area contributed by atoms with Crippen molar-refractivity contribution in [3.8, 4) is 114 Å². The molecule has 0 aliphatic rings. The van der Waals surface area contributed by atoms with Crippen molar-refractivity contribution in [2.24, 2.45) is 0 Å². The number of benzene rings is 21. The molecule has 12 heteroatoms. The second kappa shape index (κ2) is 34.5. The van der Waals surface area contributed by atoms with E-state index in [-0.39, 0.29) is 0 Å². The van der Waals surface area contributed by atoms with Crippen LogP contribution in [0.3, 0.4) is 0 Å². The summed E-state index contributed by atoms with van der Waals surface area (Å²) < 4.78 is 14.2. The summed E-state index contributed by atoms with van der Waals surface area (Å²) in [4.78, 5) is 30.1. The zero-order valence-corrected chi connectivity index (χ0v) is 76.9. The molecule has 0 fully saturated rings. The van der Waals surface area contributed by atoms with Crippen molar-refractivity contribution in [2.45, 2.75) is 0 Å². The van der Waals surface area contributed by atoms with Crippen LogP contribution in [0.2, 0.25) is 0 Å². The van der Waals surface area contributed by atoms with Crippen LogP contribution in [0.15, 0.2) is 510 Å². The van der Waals surface area contributed by atoms with E-state index in [4.69, 9.17) is 29.9 Å². The molecule has 8 aromatic heterocycles. The lowest BCUT2D eigenvalue weighted by molar-refractivity contribution is 0.953. The van der Waals surface area contributed by atoms with E-state index in [0.29, 0.717) is 35.1 Å². The molecular formula is C130H84N12. The lowest BCUT2D eigenvalue weighted by Crippen LogP contribution is -2.06. The third kappa shape index (κ3) is 14.0. The van der Waals surface area contributed by atoms with Crippen molar-refractivity contribution in [1.82, 2.24) is 57.3 Å². The lowest BCUT2D eigenvalue weighted by Gasteiger charge is -2.15. The Morgan fingerprint density at radius 1 is 0.127 bits per heavy atom. The summed E-state index contributed by atoms with van der Waals surface area (Å²) in [6.45, 7) is 0. The van der Waals surface area contributed by atoms with Crippen LogP contribution in [-0.2, 0) is 0 Å². The topological polar surface area (TPSA) is 107 Å². The Kier molecular flexibility index (Phi) is 20.0. The van der Waals surface area contributed by atoms with Crippen LogP contribution in [-0.4, -0.2) is 57.3 Å². The van der Waals surface area contributed by atoms with E-state index in [1.165, 1.54) is 136 Å². The highest BCUT2D eigenvalue weighted by Gasteiger charge is 2.28. The van der Waals surface area contributed by atoms with Crippen LogP contribution >= 0.6 is 0 Å². The van der Waals surface area contributed by atoms with Crippen LogP contribution in [0.25, 0.3) is 255 Å². The van der Waals surface area contributed by atoms with Crippen molar-refractivity contribution in [2.75, 3.05) is 0 Å². The van der Waals surface area contributed by atoms with Gasteiger partial charge in [-0.05, 0) is 179 Å². The van der Waals surface area contributed by atoms with Crippen molar-refractivity contribution in [3.05, 3.63) is 510 Å². The molecule has 29 rings (SSSR count). The number of para-hydroxylation sites is 9. The Morgan fingerprint density at radius 3 is 0.739 bits per heavy atom. The fourth-order valence-corrected chi connectivity index (χ4v) is 21.6. The maximum Gasteiger partial charge on any atom is 0.238 e. The summed E-state index contributed by atoms with van der Waals surface area (Å²) in [6.07, 6.45) is 0. The van der Waals surface area contributed by atoms with Crippen molar-refractivity contribution in [1.29, 1.82) is 0 Å². The standard InChI is InChI=1S/C46H30N2.C45H29N5.C39H25N5/c1-3-14-31(15-4-1)39-27-32-16-7-8-17-33(32)28-40(39)34-18-13-21-36(26-34)48-44-25-12-10-23-38(44)42-29-41-37-22-9-11-24-43(37)47(45(41)30-46(42)48)35-19-5-2-6-20-35;1-4-15-30(16-5-1)43-46-44(31-17-6-2-7-18-31)48-45(47-43)32-19-14-22-34(29-32)50-38-26-13-11-24-36(38)42-40(50)28-27-39-41(42)35-23-10-12-25-37(35)49(39)33-20-8-3-9-21-33;1-4-14-26(15-5-1)37-40-38(27-16-6-2-7-17-27)42-39(41-37)44-32-23-13-11-21-30(32)36-34(44)25-24-33-35(36)29-20-10-12-22-31(29)43(33)28-18-8-3-9-19-28/h1-30H;1-29H;1-25H. The van der Waals surface area contributed by atoms with Crippen molar-refractivity contribution >= 4 is 142 Å². The van der Waals surface area contributed by atoms with Gasteiger partial charge in [-0.3, -0.25) is 4.57 Å². The fraction of sp³-hybridized carbons (Fsp3) is 0. The zero-order valence-electron chi connectivity index (χ0n) is 76.9. The highest BCUT2D eigenvalue weighted by Crippen LogP contribution is 2.48. The summed E-state index contributed by atoms with van der Waals surface area (Å²) in [6, 6.07) is 180. The molecule has 142 heavy (non-hydrogen) atoms. The monoisotopic (exact) mass is 1810 g/mol. The van der Waals surface area contributed by atoms with Gasteiger partial charge in [-0.25, -0.2) is 19.9 Å². The average Bonchev–Trinajstić information content (AvgIpc) is 1.55. The molecule has 664 valence electrons. The van der Waals surface area contributed by atoms with E-state index in [2.05, 4.69) is 416 Å². The molecule has 0 radical (unpaired) electrons. The molecule has 21 aromatic carbocycles. The summed E-state index contributed by atoms with van der Waals surface area (Å²) >= 11 is 0. The van der Waals surface area contributed by atoms with Crippen LogP contribution < -0.4 is 0 Å². The van der Waals surface area contributed by atoms with Gasteiger partial charge in [0.05, 0.1) is 66.2 Å². The molecule has 0 aliphatic heterocycles. The van der Waals surface area contributed by atoms with E-state index in [1.807, 2.05) is 121 Å². The van der Waals surface area contributed by atoms with Crippen LogP contribution in [0, 0.1) is 0 Å². The van der Waals surface area contributed by atoms with Gasteiger partial charge < -0.3 is 22.8 Å². The minimum absolute atomic E-state index is 0.593. The average molecular weight is 1810 g/mol. The number of rotatable bonds is 13. The molecule has 29 aromatic rings. The Bertz CT molecular complexity index is 9850.